The summed E-state index contributed by atoms with van der Waals surface area (Å²) in [5, 5.41) is 3.92. The molecule has 0 radical (unpaired) electrons. The Morgan fingerprint density at radius 2 is 1.67 bits per heavy atom. The number of halogens is 3. The average Bonchev–Trinajstić information content (AvgIpc) is 3.22. The van der Waals surface area contributed by atoms with Crippen molar-refractivity contribution in [2.45, 2.75) is 33.6 Å². The molecule has 0 aliphatic heterocycles. The van der Waals surface area contributed by atoms with Gasteiger partial charge in [0.2, 0.25) is 0 Å². The number of hydrogen-bond acceptors (Lipinski definition) is 4. The van der Waals surface area contributed by atoms with Gasteiger partial charge in [0.15, 0.2) is 6.29 Å². The third-order valence-electron chi connectivity index (χ3n) is 2.33. The monoisotopic (exact) mass is 445 g/mol. The molecule has 2 aromatic heterocycles. The predicted octanol–water partition coefficient (Wildman–Crippen LogP) is 0.764. The number of carbonyl (C=O) groups excluding carboxylic acids is 1. The number of carbonyl (C=O) groups is 1. The van der Waals surface area contributed by atoms with E-state index in [9.17, 15) is 13.4 Å². The van der Waals surface area contributed by atoms with E-state index < -0.39 is 7.27 Å². The Labute approximate surface area is 212 Å². The van der Waals surface area contributed by atoms with E-state index in [1.54, 1.807) is 17.4 Å². The maximum Gasteiger partial charge on any atom is 1.00 e. The van der Waals surface area contributed by atoms with Crippen molar-refractivity contribution in [2.24, 2.45) is 5.73 Å². The van der Waals surface area contributed by atoms with E-state index in [1.165, 1.54) is 22.3 Å². The first-order chi connectivity index (χ1) is 11.0. The third kappa shape index (κ3) is 22.2. The van der Waals surface area contributed by atoms with Crippen molar-refractivity contribution >= 4 is 36.2 Å². The van der Waals surface area contributed by atoms with Crippen LogP contribution in [-0.4, -0.2) is 13.6 Å². The second-order valence-corrected chi connectivity index (χ2v) is 6.15. The quantitative estimate of drug-likeness (QED) is 0.406. The van der Waals surface area contributed by atoms with Crippen molar-refractivity contribution in [3.05, 3.63) is 70.1 Å². The van der Waals surface area contributed by atoms with Crippen molar-refractivity contribution in [2.75, 3.05) is 0 Å². The minimum absolute atomic E-state index is 0. The van der Waals surface area contributed by atoms with Gasteiger partial charge in [-0.15, -0.1) is 35.8 Å². The molecule has 148 valence electrons. The van der Waals surface area contributed by atoms with E-state index in [4.69, 9.17) is 5.73 Å². The molecule has 2 aromatic rings. The molecule has 2 heterocycles. The maximum absolute atomic E-state index is 11.0. The number of aldehydes is 1. The summed E-state index contributed by atoms with van der Waals surface area (Å²) in [6.45, 7) is 6.76. The summed E-state index contributed by atoms with van der Waals surface area (Å²) in [4.78, 5) is 11.9. The van der Waals surface area contributed by atoms with Crippen LogP contribution in [0.2, 0.25) is 6.32 Å². The molecular formula is C18H28BF3KNOS2. The van der Waals surface area contributed by atoms with Gasteiger partial charge < -0.3 is 10.4 Å². The van der Waals surface area contributed by atoms with Gasteiger partial charge in [0.1, 0.15) is 0 Å². The van der Waals surface area contributed by atoms with Gasteiger partial charge >= 0.3 is 58.7 Å². The normalized spacial score (nSPS) is 8.70. The molecule has 0 bridgehead atoms. The smallest absolute Gasteiger partial charge is 1.00 e. The molecule has 9 heteroatoms. The summed E-state index contributed by atoms with van der Waals surface area (Å²) >= 11 is 3.15. The first-order valence-electron chi connectivity index (χ1n) is 6.82. The molecular weight excluding hydrogens is 417 g/mol. The zero-order chi connectivity index (χ0) is 17.5. The number of thiophene rings is 2. The molecule has 0 fully saturated rings. The van der Waals surface area contributed by atoms with Crippen LogP contribution in [0, 0.1) is 0 Å². The van der Waals surface area contributed by atoms with E-state index in [0.717, 1.165) is 17.6 Å². The van der Waals surface area contributed by atoms with Crippen LogP contribution in [0.3, 0.4) is 0 Å². The molecule has 0 aliphatic rings. The van der Waals surface area contributed by atoms with Crippen LogP contribution in [0.4, 0.5) is 8.63 Å². The molecule has 27 heavy (non-hydrogen) atoms. The van der Waals surface area contributed by atoms with Crippen molar-refractivity contribution in [1.29, 1.82) is 0 Å². The number of allylic oxidation sites excluding steroid dienone is 1. The Morgan fingerprint density at radius 1 is 1.11 bits per heavy atom. The summed E-state index contributed by atoms with van der Waals surface area (Å²) in [6, 6.07) is 7.87. The van der Waals surface area contributed by atoms with Crippen LogP contribution in [0.15, 0.2) is 60.3 Å². The summed E-state index contributed by atoms with van der Waals surface area (Å²) in [5.41, 5.74) is 5.79. The van der Waals surface area contributed by atoms with Crippen LogP contribution >= 0.6 is 22.7 Å². The summed E-state index contributed by atoms with van der Waals surface area (Å²) < 4.78 is 21.9. The fourth-order valence-corrected chi connectivity index (χ4v) is 2.55. The van der Waals surface area contributed by atoms with Crippen LogP contribution in [0.5, 0.6) is 0 Å². The van der Waals surface area contributed by atoms with Crippen molar-refractivity contribution in [3.8, 4) is 0 Å². The Kier molecular flexibility index (Phi) is 36.3. The number of nitrogens with two attached hydrogens (primary N) is 1. The van der Waals surface area contributed by atoms with Crippen LogP contribution in [0.25, 0.3) is 0 Å². The summed E-state index contributed by atoms with van der Waals surface area (Å²) in [5.74, 6) is 0. The molecule has 0 aromatic carbocycles. The van der Waals surface area contributed by atoms with Gasteiger partial charge in [0, 0.05) is 17.2 Å². The Balaban J connectivity index is -0.0000000863. The van der Waals surface area contributed by atoms with Crippen LogP contribution in [-0.2, 0) is 0 Å². The van der Waals surface area contributed by atoms with Crippen molar-refractivity contribution in [1.82, 2.24) is 0 Å². The minimum atomic E-state index is -2.22. The number of rotatable bonds is 6. The van der Waals surface area contributed by atoms with Gasteiger partial charge in [-0.05, 0) is 29.3 Å². The third-order valence-corrected chi connectivity index (χ3v) is 4.14. The summed E-state index contributed by atoms with van der Waals surface area (Å²) in [6.07, 6.45) is 4.57. The minimum Gasteiger partial charge on any atom is -1.00 e. The molecule has 2 N–H and O–H groups in total. The second kappa shape index (κ2) is 26.0. The van der Waals surface area contributed by atoms with E-state index in [1.807, 2.05) is 29.0 Å². The van der Waals surface area contributed by atoms with Crippen molar-refractivity contribution in [3.63, 3.8) is 0 Å². The van der Waals surface area contributed by atoms with Crippen molar-refractivity contribution < 1.29 is 69.5 Å². The summed E-state index contributed by atoms with van der Waals surface area (Å²) in [7, 11) is -2.22. The predicted molar refractivity (Wildman–Crippen MR) is 112 cm³/mol. The van der Waals surface area contributed by atoms with Crippen LogP contribution in [0.1, 0.15) is 41.9 Å². The molecule has 0 saturated heterocycles. The van der Waals surface area contributed by atoms with Gasteiger partial charge in [0.25, 0.3) is 0 Å². The van der Waals surface area contributed by atoms with Gasteiger partial charge in [0.05, 0.1) is 4.88 Å². The van der Waals surface area contributed by atoms with Gasteiger partial charge in [-0.3, -0.25) is 13.4 Å². The topological polar surface area (TPSA) is 43.1 Å². The standard InChI is InChI=1S/C8H11NS.C5H4OS.C3H5BF2.2CH4.FH.K/c1-2-4-7(9)8-5-3-6-10-8;6-4-5-2-1-3-7-5;1-2-3-4(5)6;;;;/h2-3,5-7H,1,4,9H2;1-4H;2H,1,3H2;2*1H4;1H;/q;;;;;;+1/p-1. The first-order valence-corrected chi connectivity index (χ1v) is 8.58. The van der Waals surface area contributed by atoms with E-state index in [2.05, 4.69) is 19.2 Å². The van der Waals surface area contributed by atoms with E-state index >= 15 is 0 Å². The Bertz CT molecular complexity index is 541. The Hall–Kier alpha value is 0.00130. The zero-order valence-electron chi connectivity index (χ0n) is 14.1. The molecule has 0 aliphatic carbocycles. The van der Waals surface area contributed by atoms with E-state index in [0.29, 0.717) is 0 Å². The van der Waals surface area contributed by atoms with Crippen LogP contribution < -0.4 is 61.8 Å². The largest absolute Gasteiger partial charge is 1.00 e. The molecule has 1 unspecified atom stereocenters. The van der Waals surface area contributed by atoms with Gasteiger partial charge in [-0.25, -0.2) is 0 Å². The molecule has 1 atom stereocenters. The molecule has 0 spiro atoms. The molecule has 0 amide bonds. The fraction of sp³-hybridized carbons (Fsp3) is 0.278. The SMILES string of the molecule is C.C.C=CCB(F)F.C=CCC(N)c1cccs1.O=Cc1cccs1.[F-].[K+]. The Morgan fingerprint density at radius 3 is 1.93 bits per heavy atom. The van der Waals surface area contributed by atoms with E-state index in [-0.39, 0.29) is 83.3 Å². The fourth-order valence-electron chi connectivity index (χ4n) is 1.28. The number of hydrogen-bond donors (Lipinski definition) is 1. The maximum atomic E-state index is 11.0. The second-order valence-electron chi connectivity index (χ2n) is 4.20. The average molecular weight is 445 g/mol. The molecule has 2 rings (SSSR count). The molecule has 2 nitrogen and oxygen atoms in total. The first kappa shape index (κ1) is 37.7. The zero-order valence-corrected chi connectivity index (χ0v) is 18.9. The molecule has 0 saturated carbocycles. The van der Waals surface area contributed by atoms with Gasteiger partial charge in [-0.1, -0.05) is 39.1 Å². The van der Waals surface area contributed by atoms with Gasteiger partial charge in [-0.2, -0.15) is 0 Å².